The van der Waals surface area contributed by atoms with E-state index in [1.54, 1.807) is 72.0 Å². The van der Waals surface area contributed by atoms with Crippen molar-refractivity contribution in [2.24, 2.45) is 0 Å². The zero-order chi connectivity index (χ0) is 34.9. The molecule has 2 aromatic heterocycles. The number of nitrogens with zero attached hydrogens (tertiary/aromatic N) is 5. The second-order valence-electron chi connectivity index (χ2n) is 12.7. The lowest BCUT2D eigenvalue weighted by Crippen LogP contribution is -2.44. The Morgan fingerprint density at radius 1 is 0.936 bits per heavy atom. The van der Waals surface area contributed by atoms with Gasteiger partial charge in [0.2, 0.25) is 5.95 Å². The van der Waals surface area contributed by atoms with Crippen LogP contribution in [0, 0.1) is 0 Å². The molecule has 0 saturated carbocycles. The number of fused-ring (bicyclic) bond motifs is 1. The maximum absolute atomic E-state index is 13.1. The number of nitrogen functional groups attached to an aromatic ring is 2. The Kier molecular flexibility index (Phi) is 11.8. The largest absolute Gasteiger partial charge is 0.464 e. The van der Waals surface area contributed by atoms with E-state index >= 15 is 0 Å². The summed E-state index contributed by atoms with van der Waals surface area (Å²) in [6, 6.07) is 5.59. The molecule has 2 heterocycles. The lowest BCUT2D eigenvalue weighted by Gasteiger charge is -2.24. The molecule has 3 aromatic rings. The summed E-state index contributed by atoms with van der Waals surface area (Å²) < 4.78 is 15.7. The van der Waals surface area contributed by atoms with Gasteiger partial charge in [-0.3, -0.25) is 9.59 Å². The first kappa shape index (κ1) is 36.2. The van der Waals surface area contributed by atoms with Crippen molar-refractivity contribution in [3.8, 4) is 0 Å². The molecule has 16 nitrogen and oxygen atoms in total. The third kappa shape index (κ3) is 11.9. The summed E-state index contributed by atoms with van der Waals surface area (Å²) in [5, 5.41) is 5.16. The average Bonchev–Trinajstić information content (AvgIpc) is 2.95. The van der Waals surface area contributed by atoms with Gasteiger partial charge < -0.3 is 41.2 Å². The Bertz CT molecular complexity index is 1590. The standard InChI is InChI=1S/C31H43N9O7/c1-30(2,3)46-27(43)21(12-13-22(41)45-15-14-34-29(44)47-31(4,5)6)37-26(42)18-8-10-20(11-9-18)40(7)17-19-16-35-25-23(36-19)24(32)38-28(33)39-25/h8-11,16,21H,12-15,17H2,1-7H3,(H,34,44)(H,37,42)(H4,32,33,35,38,39)/t21-/m1/s1. The van der Waals surface area contributed by atoms with E-state index in [2.05, 4.69) is 30.6 Å². The highest BCUT2D eigenvalue weighted by Gasteiger charge is 2.28. The van der Waals surface area contributed by atoms with Gasteiger partial charge in [0.05, 0.1) is 25.0 Å². The van der Waals surface area contributed by atoms with Gasteiger partial charge in [0, 0.05) is 24.7 Å². The van der Waals surface area contributed by atoms with Gasteiger partial charge in [-0.1, -0.05) is 0 Å². The normalized spacial score (nSPS) is 12.1. The number of aromatic nitrogens is 4. The van der Waals surface area contributed by atoms with Crippen molar-refractivity contribution in [3.63, 3.8) is 0 Å². The lowest BCUT2D eigenvalue weighted by molar-refractivity contribution is -0.157. The molecule has 0 spiro atoms. The van der Waals surface area contributed by atoms with Crippen molar-refractivity contribution in [1.82, 2.24) is 30.6 Å². The van der Waals surface area contributed by atoms with Crippen LogP contribution in [-0.2, 0) is 30.3 Å². The number of nitrogens with two attached hydrogens (primary N) is 2. The Balaban J connectivity index is 1.58. The maximum atomic E-state index is 13.1. The molecule has 0 aliphatic carbocycles. The summed E-state index contributed by atoms with van der Waals surface area (Å²) in [7, 11) is 1.84. The fourth-order valence-electron chi connectivity index (χ4n) is 4.09. The Morgan fingerprint density at radius 3 is 2.23 bits per heavy atom. The molecule has 47 heavy (non-hydrogen) atoms. The predicted molar refractivity (Wildman–Crippen MR) is 174 cm³/mol. The number of hydrogen-bond donors (Lipinski definition) is 4. The Morgan fingerprint density at radius 2 is 1.60 bits per heavy atom. The van der Waals surface area contributed by atoms with Crippen LogP contribution < -0.4 is 27.0 Å². The van der Waals surface area contributed by atoms with Gasteiger partial charge in [0.15, 0.2) is 17.0 Å². The van der Waals surface area contributed by atoms with Crippen LogP contribution in [0.2, 0.25) is 0 Å². The highest BCUT2D eigenvalue weighted by atomic mass is 16.6. The molecular formula is C31H43N9O7. The van der Waals surface area contributed by atoms with Gasteiger partial charge in [0.1, 0.15) is 23.9 Å². The minimum atomic E-state index is -1.12. The SMILES string of the molecule is CN(Cc1cnc2nc(N)nc(N)c2n1)c1ccc(C(=O)N[C@H](CCC(=O)OCCNC(=O)OC(C)(C)C)C(=O)OC(C)(C)C)cc1. The Hall–Kier alpha value is -5.28. The zero-order valence-electron chi connectivity index (χ0n) is 27.7. The number of rotatable bonds is 12. The molecule has 0 saturated heterocycles. The molecule has 0 aliphatic heterocycles. The van der Waals surface area contributed by atoms with Crippen LogP contribution in [0.3, 0.4) is 0 Å². The summed E-state index contributed by atoms with van der Waals surface area (Å²) >= 11 is 0. The monoisotopic (exact) mass is 653 g/mol. The van der Waals surface area contributed by atoms with Gasteiger partial charge in [0.25, 0.3) is 5.91 Å². The molecule has 0 unspecified atom stereocenters. The summed E-state index contributed by atoms with van der Waals surface area (Å²) in [5.74, 6) is -1.68. The van der Waals surface area contributed by atoms with E-state index in [0.29, 0.717) is 29.0 Å². The second-order valence-corrected chi connectivity index (χ2v) is 12.7. The van der Waals surface area contributed by atoms with E-state index in [0.717, 1.165) is 5.69 Å². The van der Waals surface area contributed by atoms with E-state index in [9.17, 15) is 19.2 Å². The molecule has 6 N–H and O–H groups in total. The van der Waals surface area contributed by atoms with E-state index in [1.165, 1.54) is 0 Å². The van der Waals surface area contributed by atoms with Crippen molar-refractivity contribution in [2.45, 2.75) is 78.2 Å². The first-order valence-corrected chi connectivity index (χ1v) is 14.9. The molecule has 2 amide bonds. The number of esters is 2. The van der Waals surface area contributed by atoms with Crippen molar-refractivity contribution in [2.75, 3.05) is 36.6 Å². The third-order valence-corrected chi connectivity index (χ3v) is 6.14. The minimum absolute atomic E-state index is 0.0137. The third-order valence-electron chi connectivity index (χ3n) is 6.14. The summed E-state index contributed by atoms with van der Waals surface area (Å²) in [5.41, 5.74) is 12.4. The van der Waals surface area contributed by atoms with Crippen LogP contribution in [0.5, 0.6) is 0 Å². The number of benzene rings is 1. The molecular weight excluding hydrogens is 610 g/mol. The number of amides is 2. The zero-order valence-corrected chi connectivity index (χ0v) is 27.7. The minimum Gasteiger partial charge on any atom is -0.464 e. The number of nitrogens with one attached hydrogen (secondary N) is 2. The van der Waals surface area contributed by atoms with Gasteiger partial charge in [-0.15, -0.1) is 0 Å². The second kappa shape index (κ2) is 15.3. The van der Waals surface area contributed by atoms with Gasteiger partial charge in [-0.05, 0) is 72.2 Å². The molecule has 1 aromatic carbocycles. The van der Waals surface area contributed by atoms with Crippen molar-refractivity contribution >= 4 is 52.6 Å². The number of anilines is 3. The summed E-state index contributed by atoms with van der Waals surface area (Å²) in [6.45, 7) is 10.6. The van der Waals surface area contributed by atoms with Crippen LogP contribution in [0.4, 0.5) is 22.2 Å². The molecule has 3 rings (SSSR count). The van der Waals surface area contributed by atoms with Gasteiger partial charge in [-0.2, -0.15) is 9.97 Å². The molecule has 16 heteroatoms. The fourth-order valence-corrected chi connectivity index (χ4v) is 4.09. The van der Waals surface area contributed by atoms with Crippen LogP contribution in [-0.4, -0.2) is 81.3 Å². The van der Waals surface area contributed by atoms with Crippen LogP contribution in [0.15, 0.2) is 30.5 Å². The molecule has 0 aliphatic rings. The van der Waals surface area contributed by atoms with Crippen LogP contribution >= 0.6 is 0 Å². The van der Waals surface area contributed by atoms with Crippen molar-refractivity contribution in [1.29, 1.82) is 0 Å². The Labute approximate surface area is 273 Å². The first-order chi connectivity index (χ1) is 21.9. The number of ether oxygens (including phenoxy) is 3. The van der Waals surface area contributed by atoms with E-state index in [-0.39, 0.29) is 37.8 Å². The number of alkyl carbamates (subject to hydrolysis) is 1. The van der Waals surface area contributed by atoms with E-state index in [1.807, 2.05) is 11.9 Å². The lowest BCUT2D eigenvalue weighted by atomic mass is 10.1. The number of hydrogen-bond acceptors (Lipinski definition) is 14. The van der Waals surface area contributed by atoms with Crippen molar-refractivity contribution in [3.05, 3.63) is 41.7 Å². The van der Waals surface area contributed by atoms with Crippen LogP contribution in [0.25, 0.3) is 11.2 Å². The quantitative estimate of drug-likeness (QED) is 0.125. The fraction of sp³-hybridized carbons (Fsp3) is 0.484. The summed E-state index contributed by atoms with van der Waals surface area (Å²) in [6.07, 6.45) is 0.700. The van der Waals surface area contributed by atoms with Crippen molar-refractivity contribution < 1.29 is 33.4 Å². The predicted octanol–water partition coefficient (Wildman–Crippen LogP) is 2.51. The maximum Gasteiger partial charge on any atom is 0.407 e. The highest BCUT2D eigenvalue weighted by molar-refractivity contribution is 5.97. The molecule has 0 radical (unpaired) electrons. The van der Waals surface area contributed by atoms with Crippen LogP contribution in [0.1, 0.15) is 70.4 Å². The number of carbonyl (C=O) groups is 4. The topological polar surface area (TPSA) is 227 Å². The molecule has 0 bridgehead atoms. The first-order valence-electron chi connectivity index (χ1n) is 14.9. The number of carbonyl (C=O) groups excluding carboxylic acids is 4. The molecule has 1 atom stereocenters. The van der Waals surface area contributed by atoms with E-state index < -0.39 is 41.2 Å². The summed E-state index contributed by atoms with van der Waals surface area (Å²) in [4.78, 5) is 68.8. The van der Waals surface area contributed by atoms with E-state index in [4.69, 9.17) is 25.7 Å². The van der Waals surface area contributed by atoms with Gasteiger partial charge >= 0.3 is 18.0 Å². The molecule has 0 fully saturated rings. The average molecular weight is 654 g/mol. The van der Waals surface area contributed by atoms with Gasteiger partial charge in [-0.25, -0.2) is 19.6 Å². The highest BCUT2D eigenvalue weighted by Crippen LogP contribution is 2.19. The smallest absolute Gasteiger partial charge is 0.407 e. The molecule has 254 valence electrons.